The second-order valence-electron chi connectivity index (χ2n) is 9.16. The molecule has 3 atom stereocenters. The second kappa shape index (κ2) is 10.3. The van der Waals surface area contributed by atoms with Gasteiger partial charge in [-0.1, -0.05) is 27.2 Å². The Morgan fingerprint density at radius 3 is 2.74 bits per heavy atom. The Morgan fingerprint density at radius 2 is 2.10 bits per heavy atom. The standard InChI is InChI=1S/C22H34N4O5/c1-4-22(2,3)11-16(24-21(29)31-15-7-8-23-12-15)20(28)25-19-17(27)14-30-18(19)13-26-9-5-6-10-26/h7-8,12,16,18-19,23H,4-6,9-11,13-14H2,1-3H3,(H,24,29)(H,25,28)/t16-,18?,19?/m0/s1. The Balaban J connectivity index is 1.65. The van der Waals surface area contributed by atoms with Crippen LogP contribution in [0.15, 0.2) is 18.5 Å². The predicted molar refractivity (Wildman–Crippen MR) is 115 cm³/mol. The first-order chi connectivity index (χ1) is 14.8. The Labute approximate surface area is 183 Å². The maximum absolute atomic E-state index is 13.2. The molecule has 9 heteroatoms. The lowest BCUT2D eigenvalue weighted by Gasteiger charge is -2.30. The van der Waals surface area contributed by atoms with E-state index in [9.17, 15) is 14.4 Å². The van der Waals surface area contributed by atoms with Gasteiger partial charge < -0.3 is 30.0 Å². The number of rotatable bonds is 9. The maximum atomic E-state index is 13.2. The highest BCUT2D eigenvalue weighted by Gasteiger charge is 2.40. The van der Waals surface area contributed by atoms with Gasteiger partial charge in [0.05, 0.1) is 6.10 Å². The highest BCUT2D eigenvalue weighted by atomic mass is 16.6. The number of Topliss-reactive ketones (excluding diaryl/α,β-unsaturated/α-hetero) is 1. The summed E-state index contributed by atoms with van der Waals surface area (Å²) in [6.07, 6.45) is 5.61. The number of aromatic amines is 1. The van der Waals surface area contributed by atoms with Crippen LogP contribution in [0.5, 0.6) is 5.75 Å². The lowest BCUT2D eigenvalue weighted by Crippen LogP contribution is -2.56. The number of aromatic nitrogens is 1. The Kier molecular flexibility index (Phi) is 7.72. The number of likely N-dealkylation sites (tertiary alicyclic amines) is 1. The van der Waals surface area contributed by atoms with Crippen LogP contribution in [0.4, 0.5) is 4.79 Å². The summed E-state index contributed by atoms with van der Waals surface area (Å²) in [4.78, 5) is 43.0. The predicted octanol–water partition coefficient (Wildman–Crippen LogP) is 1.85. The van der Waals surface area contributed by atoms with E-state index in [0.717, 1.165) is 32.4 Å². The molecule has 2 aliphatic heterocycles. The fourth-order valence-electron chi connectivity index (χ4n) is 3.94. The fraction of sp³-hybridized carbons (Fsp3) is 0.682. The van der Waals surface area contributed by atoms with Crippen LogP contribution in [0.1, 0.15) is 46.5 Å². The van der Waals surface area contributed by atoms with Crippen molar-refractivity contribution in [1.82, 2.24) is 20.5 Å². The molecule has 2 aliphatic rings. The van der Waals surface area contributed by atoms with Crippen molar-refractivity contribution in [3.05, 3.63) is 18.5 Å². The summed E-state index contributed by atoms with van der Waals surface area (Å²) >= 11 is 0. The van der Waals surface area contributed by atoms with E-state index >= 15 is 0 Å². The summed E-state index contributed by atoms with van der Waals surface area (Å²) < 4.78 is 10.9. The molecule has 2 amide bonds. The van der Waals surface area contributed by atoms with Crippen LogP contribution in [-0.4, -0.2) is 72.1 Å². The van der Waals surface area contributed by atoms with E-state index in [4.69, 9.17) is 9.47 Å². The number of H-pyrrole nitrogens is 1. The quantitative estimate of drug-likeness (QED) is 0.547. The summed E-state index contributed by atoms with van der Waals surface area (Å²) in [6.45, 7) is 8.68. The zero-order valence-electron chi connectivity index (χ0n) is 18.6. The van der Waals surface area contributed by atoms with Gasteiger partial charge in [-0.3, -0.25) is 9.59 Å². The number of carbonyl (C=O) groups is 3. The van der Waals surface area contributed by atoms with E-state index in [1.807, 2.05) is 20.8 Å². The first-order valence-electron chi connectivity index (χ1n) is 11.1. The Hall–Kier alpha value is -2.39. The van der Waals surface area contributed by atoms with Crippen LogP contribution in [-0.2, 0) is 14.3 Å². The zero-order valence-corrected chi connectivity index (χ0v) is 18.6. The normalized spacial score (nSPS) is 23.0. The number of ketones is 1. The third-order valence-corrected chi connectivity index (χ3v) is 6.20. The monoisotopic (exact) mass is 434 g/mol. The lowest BCUT2D eigenvalue weighted by atomic mass is 9.83. The molecule has 0 saturated carbocycles. The molecule has 2 unspecified atom stereocenters. The van der Waals surface area contributed by atoms with Gasteiger partial charge in [-0.15, -0.1) is 0 Å². The molecule has 1 aromatic heterocycles. The minimum atomic E-state index is -0.831. The largest absolute Gasteiger partial charge is 0.413 e. The average molecular weight is 435 g/mol. The second-order valence-corrected chi connectivity index (χ2v) is 9.16. The molecule has 3 heterocycles. The van der Waals surface area contributed by atoms with E-state index in [2.05, 4.69) is 20.5 Å². The van der Waals surface area contributed by atoms with Crippen molar-refractivity contribution in [3.8, 4) is 5.75 Å². The minimum absolute atomic E-state index is 0.00245. The molecule has 0 radical (unpaired) electrons. The summed E-state index contributed by atoms with van der Waals surface area (Å²) in [5.41, 5.74) is -0.186. The van der Waals surface area contributed by atoms with Crippen LogP contribution in [0, 0.1) is 5.41 Å². The fourth-order valence-corrected chi connectivity index (χ4v) is 3.94. The molecular weight excluding hydrogens is 400 g/mol. The molecule has 9 nitrogen and oxygen atoms in total. The number of nitrogens with one attached hydrogen (secondary N) is 3. The summed E-state index contributed by atoms with van der Waals surface area (Å²) in [6, 6.07) is 0.0762. The van der Waals surface area contributed by atoms with Gasteiger partial charge in [-0.25, -0.2) is 4.79 Å². The van der Waals surface area contributed by atoms with Gasteiger partial charge in [-0.05, 0) is 43.8 Å². The molecule has 2 saturated heterocycles. The van der Waals surface area contributed by atoms with E-state index in [1.54, 1.807) is 18.5 Å². The van der Waals surface area contributed by atoms with Crippen molar-refractivity contribution in [2.24, 2.45) is 5.41 Å². The first kappa shape index (κ1) is 23.3. The van der Waals surface area contributed by atoms with Crippen molar-refractivity contribution in [2.45, 2.75) is 64.6 Å². The van der Waals surface area contributed by atoms with E-state index in [1.165, 1.54) is 0 Å². The molecule has 0 bridgehead atoms. The first-order valence-corrected chi connectivity index (χ1v) is 11.1. The number of hydrogen-bond acceptors (Lipinski definition) is 6. The molecular formula is C22H34N4O5. The SMILES string of the molecule is CCC(C)(C)C[C@H](NC(=O)Oc1cc[nH]c1)C(=O)NC1C(=O)COC1CN1CCCC1. The van der Waals surface area contributed by atoms with Crippen LogP contribution in [0.2, 0.25) is 0 Å². The van der Waals surface area contributed by atoms with Crippen LogP contribution in [0.3, 0.4) is 0 Å². The number of hydrogen-bond donors (Lipinski definition) is 3. The molecule has 0 spiro atoms. The number of amides is 2. The Morgan fingerprint density at radius 1 is 1.35 bits per heavy atom. The third kappa shape index (κ3) is 6.54. The van der Waals surface area contributed by atoms with Gasteiger partial charge in [0.15, 0.2) is 5.78 Å². The van der Waals surface area contributed by atoms with Gasteiger partial charge in [0.25, 0.3) is 0 Å². The molecule has 0 aromatic carbocycles. The van der Waals surface area contributed by atoms with Crippen LogP contribution >= 0.6 is 0 Å². The Bertz CT molecular complexity index is 758. The minimum Gasteiger partial charge on any atom is -0.409 e. The van der Waals surface area contributed by atoms with Crippen molar-refractivity contribution < 1.29 is 23.9 Å². The van der Waals surface area contributed by atoms with Crippen LogP contribution < -0.4 is 15.4 Å². The number of carbonyl (C=O) groups excluding carboxylic acids is 3. The van der Waals surface area contributed by atoms with Gasteiger partial charge in [0, 0.05) is 18.9 Å². The highest BCUT2D eigenvalue weighted by Crippen LogP contribution is 2.27. The number of ether oxygens (including phenoxy) is 2. The molecule has 3 N–H and O–H groups in total. The van der Waals surface area contributed by atoms with Crippen molar-refractivity contribution in [2.75, 3.05) is 26.2 Å². The molecule has 2 fully saturated rings. The van der Waals surface area contributed by atoms with E-state index in [-0.39, 0.29) is 23.9 Å². The highest BCUT2D eigenvalue weighted by molar-refractivity contribution is 5.94. The van der Waals surface area contributed by atoms with E-state index in [0.29, 0.717) is 18.7 Å². The lowest BCUT2D eigenvalue weighted by molar-refractivity contribution is -0.128. The van der Waals surface area contributed by atoms with Gasteiger partial charge in [0.2, 0.25) is 5.91 Å². The van der Waals surface area contributed by atoms with Crippen LogP contribution in [0.25, 0.3) is 0 Å². The van der Waals surface area contributed by atoms with Crippen molar-refractivity contribution in [1.29, 1.82) is 0 Å². The van der Waals surface area contributed by atoms with E-state index < -0.39 is 24.1 Å². The van der Waals surface area contributed by atoms with Gasteiger partial charge >= 0.3 is 6.09 Å². The summed E-state index contributed by atoms with van der Waals surface area (Å²) in [7, 11) is 0. The average Bonchev–Trinajstić information content (AvgIpc) is 3.47. The van der Waals surface area contributed by atoms with Gasteiger partial charge in [-0.2, -0.15) is 0 Å². The summed E-state index contributed by atoms with van der Waals surface area (Å²) in [5.74, 6) is -0.180. The molecule has 172 valence electrons. The maximum Gasteiger partial charge on any atom is 0.413 e. The molecule has 31 heavy (non-hydrogen) atoms. The van der Waals surface area contributed by atoms with Crippen molar-refractivity contribution >= 4 is 17.8 Å². The molecule has 1 aromatic rings. The number of nitrogens with zero attached hydrogens (tertiary/aromatic N) is 1. The molecule has 3 rings (SSSR count). The zero-order chi connectivity index (χ0) is 22.4. The smallest absolute Gasteiger partial charge is 0.409 e. The molecule has 0 aliphatic carbocycles. The van der Waals surface area contributed by atoms with Gasteiger partial charge in [0.1, 0.15) is 24.4 Å². The third-order valence-electron chi connectivity index (χ3n) is 6.20. The summed E-state index contributed by atoms with van der Waals surface area (Å²) in [5, 5.41) is 5.52. The topological polar surface area (TPSA) is 113 Å². The van der Waals surface area contributed by atoms with Crippen molar-refractivity contribution in [3.63, 3.8) is 0 Å².